The summed E-state index contributed by atoms with van der Waals surface area (Å²) < 4.78 is 5.24. The van der Waals surface area contributed by atoms with Crippen LogP contribution >= 0.6 is 0 Å². The Kier molecular flexibility index (Phi) is 4.60. The quantitative estimate of drug-likeness (QED) is 0.885. The summed E-state index contributed by atoms with van der Waals surface area (Å²) in [5.74, 6) is -0.113. The Labute approximate surface area is 124 Å². The Balaban J connectivity index is 2.41. The third kappa shape index (κ3) is 3.61. The van der Waals surface area contributed by atoms with Crippen LogP contribution in [0.1, 0.15) is 23.6 Å². The lowest BCUT2D eigenvalue weighted by Gasteiger charge is -2.14. The Morgan fingerprint density at radius 1 is 1.29 bits per heavy atom. The molecule has 0 bridgehead atoms. The molecule has 4 heteroatoms. The smallest absolute Gasteiger partial charge is 0.305 e. The second-order valence-electron chi connectivity index (χ2n) is 5.01. The molecule has 4 nitrogen and oxygen atoms in total. The molecule has 2 aromatic carbocycles. The van der Waals surface area contributed by atoms with Gasteiger partial charge in [0, 0.05) is 6.04 Å². The fourth-order valence-corrected chi connectivity index (χ4v) is 2.28. The summed E-state index contributed by atoms with van der Waals surface area (Å²) in [6.45, 7) is 2.02. The van der Waals surface area contributed by atoms with Crippen LogP contribution in [0.5, 0.6) is 5.75 Å². The average molecular weight is 285 g/mol. The molecule has 0 heterocycles. The van der Waals surface area contributed by atoms with Gasteiger partial charge in [-0.2, -0.15) is 0 Å². The van der Waals surface area contributed by atoms with Crippen LogP contribution in [0.4, 0.5) is 0 Å². The first kappa shape index (κ1) is 15.1. The van der Waals surface area contributed by atoms with Crippen LogP contribution in [-0.4, -0.2) is 18.2 Å². The van der Waals surface area contributed by atoms with Gasteiger partial charge in [0.05, 0.1) is 13.5 Å². The van der Waals surface area contributed by atoms with Gasteiger partial charge in [-0.05, 0) is 47.4 Å². The van der Waals surface area contributed by atoms with Gasteiger partial charge >= 0.3 is 5.97 Å². The van der Waals surface area contributed by atoms with E-state index < -0.39 is 12.0 Å². The van der Waals surface area contributed by atoms with Crippen LogP contribution in [0, 0.1) is 6.92 Å². The molecule has 0 radical (unpaired) electrons. The maximum absolute atomic E-state index is 10.8. The lowest BCUT2D eigenvalue weighted by molar-refractivity contribution is -0.137. The van der Waals surface area contributed by atoms with Gasteiger partial charge in [0.15, 0.2) is 0 Å². The highest BCUT2D eigenvalue weighted by Crippen LogP contribution is 2.29. The first-order valence-electron chi connectivity index (χ1n) is 6.73. The molecule has 0 aliphatic carbocycles. The zero-order valence-corrected chi connectivity index (χ0v) is 12.2. The monoisotopic (exact) mass is 285 g/mol. The summed E-state index contributed by atoms with van der Waals surface area (Å²) in [4.78, 5) is 10.8. The van der Waals surface area contributed by atoms with Crippen molar-refractivity contribution in [1.29, 1.82) is 0 Å². The van der Waals surface area contributed by atoms with Crippen LogP contribution in [-0.2, 0) is 4.79 Å². The molecule has 0 aliphatic rings. The topological polar surface area (TPSA) is 72.5 Å². The van der Waals surface area contributed by atoms with Gasteiger partial charge in [-0.3, -0.25) is 4.79 Å². The van der Waals surface area contributed by atoms with E-state index in [4.69, 9.17) is 15.6 Å². The van der Waals surface area contributed by atoms with Crippen molar-refractivity contribution in [2.45, 2.75) is 19.4 Å². The summed E-state index contributed by atoms with van der Waals surface area (Å²) in [7, 11) is 1.63. The van der Waals surface area contributed by atoms with Crippen molar-refractivity contribution in [3.05, 3.63) is 53.6 Å². The molecule has 0 spiro atoms. The minimum atomic E-state index is -0.897. The van der Waals surface area contributed by atoms with Gasteiger partial charge in [-0.25, -0.2) is 0 Å². The zero-order valence-electron chi connectivity index (χ0n) is 12.2. The summed E-state index contributed by atoms with van der Waals surface area (Å²) in [6.07, 6.45) is -0.0827. The molecule has 0 aromatic heterocycles. The zero-order chi connectivity index (χ0) is 15.4. The number of aliphatic carboxylic acids is 1. The van der Waals surface area contributed by atoms with E-state index in [2.05, 4.69) is 0 Å². The Morgan fingerprint density at radius 2 is 2.05 bits per heavy atom. The molecule has 1 unspecified atom stereocenters. The second-order valence-corrected chi connectivity index (χ2v) is 5.01. The van der Waals surface area contributed by atoms with E-state index in [1.807, 2.05) is 49.4 Å². The van der Waals surface area contributed by atoms with E-state index >= 15 is 0 Å². The first-order valence-corrected chi connectivity index (χ1v) is 6.73. The summed E-state index contributed by atoms with van der Waals surface area (Å²) in [5.41, 5.74) is 9.93. The number of rotatable bonds is 5. The standard InChI is InChI=1S/C17H19NO3/c1-11-6-7-13(16(18)10-17(19)20)9-15(11)12-4-3-5-14(8-12)21-2/h3-9,16H,10,18H2,1-2H3,(H,19,20). The highest BCUT2D eigenvalue weighted by atomic mass is 16.5. The van der Waals surface area contributed by atoms with Gasteiger partial charge in [0.2, 0.25) is 0 Å². The number of benzene rings is 2. The molecule has 2 aromatic rings. The molecular weight excluding hydrogens is 266 g/mol. The molecule has 0 saturated heterocycles. The number of ether oxygens (including phenoxy) is 1. The minimum absolute atomic E-state index is 0.0827. The number of carboxylic acid groups (broad SMARTS) is 1. The summed E-state index contributed by atoms with van der Waals surface area (Å²) >= 11 is 0. The van der Waals surface area contributed by atoms with Crippen LogP contribution in [0.3, 0.4) is 0 Å². The van der Waals surface area contributed by atoms with Crippen molar-refractivity contribution in [3.8, 4) is 16.9 Å². The SMILES string of the molecule is COc1cccc(-c2cc(C(N)CC(=O)O)ccc2C)c1. The summed E-state index contributed by atoms with van der Waals surface area (Å²) in [6, 6.07) is 13.1. The third-order valence-electron chi connectivity index (χ3n) is 3.47. The fourth-order valence-electron chi connectivity index (χ4n) is 2.28. The van der Waals surface area contributed by atoms with E-state index in [0.717, 1.165) is 28.0 Å². The second kappa shape index (κ2) is 6.41. The molecule has 0 fully saturated rings. The number of carboxylic acids is 1. The number of hydrogen-bond acceptors (Lipinski definition) is 3. The summed E-state index contributed by atoms with van der Waals surface area (Å²) in [5, 5.41) is 8.86. The van der Waals surface area contributed by atoms with Gasteiger partial charge in [-0.1, -0.05) is 24.3 Å². The molecule has 3 N–H and O–H groups in total. The average Bonchev–Trinajstić information content (AvgIpc) is 2.47. The van der Waals surface area contributed by atoms with Crippen molar-refractivity contribution in [1.82, 2.24) is 0 Å². The highest BCUT2D eigenvalue weighted by molar-refractivity contribution is 5.71. The molecule has 110 valence electrons. The Morgan fingerprint density at radius 3 is 2.71 bits per heavy atom. The van der Waals surface area contributed by atoms with Crippen molar-refractivity contribution >= 4 is 5.97 Å². The molecule has 2 rings (SSSR count). The number of methoxy groups -OCH3 is 1. The lowest BCUT2D eigenvalue weighted by atomic mass is 9.94. The molecule has 0 amide bonds. The maximum atomic E-state index is 10.8. The van der Waals surface area contributed by atoms with Crippen LogP contribution < -0.4 is 10.5 Å². The van der Waals surface area contributed by atoms with Crippen molar-refractivity contribution in [2.75, 3.05) is 7.11 Å². The molecule has 0 aliphatic heterocycles. The van der Waals surface area contributed by atoms with Crippen molar-refractivity contribution in [2.24, 2.45) is 5.73 Å². The Hall–Kier alpha value is -2.33. The molecular formula is C17H19NO3. The lowest BCUT2D eigenvalue weighted by Crippen LogP contribution is -2.15. The van der Waals surface area contributed by atoms with Gasteiger partial charge in [-0.15, -0.1) is 0 Å². The predicted molar refractivity (Wildman–Crippen MR) is 82.3 cm³/mol. The van der Waals surface area contributed by atoms with E-state index in [0.29, 0.717) is 0 Å². The Bertz CT molecular complexity index is 652. The van der Waals surface area contributed by atoms with Crippen molar-refractivity contribution in [3.63, 3.8) is 0 Å². The van der Waals surface area contributed by atoms with Crippen LogP contribution in [0.25, 0.3) is 11.1 Å². The normalized spacial score (nSPS) is 12.0. The third-order valence-corrected chi connectivity index (χ3v) is 3.47. The number of carbonyl (C=O) groups is 1. The molecule has 0 saturated carbocycles. The first-order chi connectivity index (χ1) is 10.0. The highest BCUT2D eigenvalue weighted by Gasteiger charge is 2.13. The minimum Gasteiger partial charge on any atom is -0.497 e. The van der Waals surface area contributed by atoms with E-state index in [1.54, 1.807) is 7.11 Å². The predicted octanol–water partition coefficient (Wildman–Crippen LogP) is 3.15. The van der Waals surface area contributed by atoms with E-state index in [9.17, 15) is 4.79 Å². The maximum Gasteiger partial charge on any atom is 0.305 e. The van der Waals surface area contributed by atoms with Gasteiger partial charge < -0.3 is 15.6 Å². The number of aryl methyl sites for hydroxylation is 1. The fraction of sp³-hybridized carbons (Fsp3) is 0.235. The van der Waals surface area contributed by atoms with Gasteiger partial charge in [0.1, 0.15) is 5.75 Å². The van der Waals surface area contributed by atoms with E-state index in [-0.39, 0.29) is 6.42 Å². The van der Waals surface area contributed by atoms with Crippen molar-refractivity contribution < 1.29 is 14.6 Å². The number of hydrogen-bond donors (Lipinski definition) is 2. The van der Waals surface area contributed by atoms with E-state index in [1.165, 1.54) is 0 Å². The van der Waals surface area contributed by atoms with Crippen LogP contribution in [0.2, 0.25) is 0 Å². The number of nitrogens with two attached hydrogens (primary N) is 1. The molecule has 21 heavy (non-hydrogen) atoms. The van der Waals surface area contributed by atoms with Crippen LogP contribution in [0.15, 0.2) is 42.5 Å². The van der Waals surface area contributed by atoms with Gasteiger partial charge in [0.25, 0.3) is 0 Å². The molecule has 1 atom stereocenters. The largest absolute Gasteiger partial charge is 0.497 e.